The predicted molar refractivity (Wildman–Crippen MR) is 123 cm³/mol. The highest BCUT2D eigenvalue weighted by molar-refractivity contribution is 5.96. The molecule has 0 aromatic heterocycles. The van der Waals surface area contributed by atoms with Crippen LogP contribution in [-0.2, 0) is 0 Å². The van der Waals surface area contributed by atoms with Crippen molar-refractivity contribution in [2.75, 3.05) is 0 Å². The van der Waals surface area contributed by atoms with Gasteiger partial charge in [0.1, 0.15) is 23.1 Å². The molecule has 2 atom stereocenters. The number of carbonyl (C=O) groups is 1. The topological polar surface area (TPSA) is 85.3 Å². The number of ether oxygens (including phenoxy) is 2. The fraction of sp³-hybridized carbons (Fsp3) is 0.259. The van der Waals surface area contributed by atoms with Gasteiger partial charge in [-0.2, -0.15) is 5.26 Å². The molecule has 0 radical (unpaired) electrons. The Morgan fingerprint density at radius 1 is 1.03 bits per heavy atom. The van der Waals surface area contributed by atoms with Gasteiger partial charge in [-0.05, 0) is 85.7 Å². The van der Waals surface area contributed by atoms with E-state index in [0.29, 0.717) is 17.2 Å². The molecule has 0 bridgehead atoms. The van der Waals surface area contributed by atoms with Crippen molar-refractivity contribution in [2.45, 2.75) is 38.5 Å². The van der Waals surface area contributed by atoms with Crippen molar-refractivity contribution < 1.29 is 23.0 Å². The SMILES string of the molecule is Cc1cc([C@@H]2CCCC(C#N)C2)cc(C(N)=O)c1Oc1ccc(Oc2ccc(F)cc2F)cc1. The number of carbonyl (C=O) groups excluding carboxylic acids is 1. The molecule has 1 fully saturated rings. The number of hydrogen-bond donors (Lipinski definition) is 1. The van der Waals surface area contributed by atoms with E-state index in [1.54, 1.807) is 30.3 Å². The lowest BCUT2D eigenvalue weighted by Gasteiger charge is -2.26. The third-order valence-corrected chi connectivity index (χ3v) is 6.06. The summed E-state index contributed by atoms with van der Waals surface area (Å²) in [6.45, 7) is 1.85. The van der Waals surface area contributed by atoms with E-state index in [4.69, 9.17) is 15.2 Å². The first-order valence-corrected chi connectivity index (χ1v) is 11.1. The number of nitrogens with two attached hydrogens (primary N) is 1. The lowest BCUT2D eigenvalue weighted by atomic mass is 9.78. The van der Waals surface area contributed by atoms with Crippen molar-refractivity contribution in [3.05, 3.63) is 82.9 Å². The number of nitrogens with zero attached hydrogens (tertiary/aromatic N) is 1. The van der Waals surface area contributed by atoms with E-state index in [9.17, 15) is 18.8 Å². The van der Waals surface area contributed by atoms with Gasteiger partial charge < -0.3 is 15.2 Å². The second-order valence-corrected chi connectivity index (χ2v) is 8.52. The van der Waals surface area contributed by atoms with Crippen LogP contribution >= 0.6 is 0 Å². The summed E-state index contributed by atoms with van der Waals surface area (Å²) in [4.78, 5) is 12.2. The Morgan fingerprint density at radius 2 is 1.74 bits per heavy atom. The van der Waals surface area contributed by atoms with Crippen LogP contribution in [0.3, 0.4) is 0 Å². The van der Waals surface area contributed by atoms with Gasteiger partial charge in [-0.25, -0.2) is 8.78 Å². The minimum atomic E-state index is -0.804. The number of aryl methyl sites for hydroxylation is 1. The summed E-state index contributed by atoms with van der Waals surface area (Å²) < 4.78 is 38.4. The van der Waals surface area contributed by atoms with Gasteiger partial charge in [-0.1, -0.05) is 12.5 Å². The Morgan fingerprint density at radius 3 is 2.38 bits per heavy atom. The Labute approximate surface area is 196 Å². The quantitative estimate of drug-likeness (QED) is 0.439. The molecule has 34 heavy (non-hydrogen) atoms. The Bertz CT molecular complexity index is 1250. The van der Waals surface area contributed by atoms with Crippen LogP contribution < -0.4 is 15.2 Å². The normalized spacial score (nSPS) is 17.6. The van der Waals surface area contributed by atoms with Crippen molar-refractivity contribution in [2.24, 2.45) is 11.7 Å². The summed E-state index contributed by atoms with van der Waals surface area (Å²) in [5.41, 5.74) is 7.70. The molecule has 1 aliphatic rings. The van der Waals surface area contributed by atoms with Crippen LogP contribution in [0.1, 0.15) is 53.1 Å². The first-order chi connectivity index (χ1) is 16.3. The van der Waals surface area contributed by atoms with E-state index in [0.717, 1.165) is 48.9 Å². The number of halogens is 2. The minimum absolute atomic E-state index is 0.0242. The largest absolute Gasteiger partial charge is 0.456 e. The fourth-order valence-electron chi connectivity index (χ4n) is 4.34. The Balaban J connectivity index is 1.55. The molecular formula is C27H24F2N2O3. The molecular weight excluding hydrogens is 438 g/mol. The number of rotatable bonds is 6. The van der Waals surface area contributed by atoms with Crippen molar-refractivity contribution in [1.29, 1.82) is 5.26 Å². The second kappa shape index (κ2) is 9.92. The van der Waals surface area contributed by atoms with Crippen LogP contribution in [0.25, 0.3) is 0 Å². The van der Waals surface area contributed by atoms with Crippen LogP contribution in [0.4, 0.5) is 8.78 Å². The smallest absolute Gasteiger partial charge is 0.252 e. The van der Waals surface area contributed by atoms with Crippen molar-refractivity contribution in [3.63, 3.8) is 0 Å². The molecule has 1 amide bonds. The molecule has 7 heteroatoms. The van der Waals surface area contributed by atoms with Crippen molar-refractivity contribution in [1.82, 2.24) is 0 Å². The number of amides is 1. The minimum Gasteiger partial charge on any atom is -0.456 e. The molecule has 0 aliphatic heterocycles. The van der Waals surface area contributed by atoms with Gasteiger partial charge in [0, 0.05) is 12.0 Å². The average Bonchev–Trinajstić information content (AvgIpc) is 2.83. The number of primary amides is 1. The Hall–Kier alpha value is -3.92. The molecule has 5 nitrogen and oxygen atoms in total. The molecule has 1 saturated carbocycles. The number of benzene rings is 3. The molecule has 174 valence electrons. The van der Waals surface area contributed by atoms with Gasteiger partial charge in [0.25, 0.3) is 5.91 Å². The molecule has 0 heterocycles. The molecule has 0 saturated heterocycles. The van der Waals surface area contributed by atoms with Crippen molar-refractivity contribution in [3.8, 4) is 29.1 Å². The van der Waals surface area contributed by atoms with Crippen LogP contribution in [-0.4, -0.2) is 5.91 Å². The van der Waals surface area contributed by atoms with Crippen LogP contribution in [0, 0.1) is 35.8 Å². The molecule has 0 spiro atoms. The third-order valence-electron chi connectivity index (χ3n) is 6.06. The molecule has 1 unspecified atom stereocenters. The van der Waals surface area contributed by atoms with Crippen molar-refractivity contribution >= 4 is 5.91 Å². The van der Waals surface area contributed by atoms with Crippen LogP contribution in [0.5, 0.6) is 23.0 Å². The van der Waals surface area contributed by atoms with Crippen LogP contribution in [0.15, 0.2) is 54.6 Å². The highest BCUT2D eigenvalue weighted by Gasteiger charge is 2.25. The van der Waals surface area contributed by atoms with E-state index >= 15 is 0 Å². The highest BCUT2D eigenvalue weighted by Crippen LogP contribution is 2.39. The van der Waals surface area contributed by atoms with Gasteiger partial charge in [0.2, 0.25) is 0 Å². The van der Waals surface area contributed by atoms with Gasteiger partial charge in [0.15, 0.2) is 11.6 Å². The summed E-state index contributed by atoms with van der Waals surface area (Å²) in [5.74, 6) is -0.823. The molecule has 1 aliphatic carbocycles. The first kappa shape index (κ1) is 23.2. The fourth-order valence-corrected chi connectivity index (χ4v) is 4.34. The van der Waals surface area contributed by atoms with E-state index < -0.39 is 17.5 Å². The molecule has 3 aromatic rings. The van der Waals surface area contributed by atoms with E-state index in [-0.39, 0.29) is 23.1 Å². The summed E-state index contributed by atoms with van der Waals surface area (Å²) in [6.07, 6.45) is 3.61. The number of nitriles is 1. The first-order valence-electron chi connectivity index (χ1n) is 11.1. The van der Waals surface area contributed by atoms with E-state index in [1.807, 2.05) is 13.0 Å². The van der Waals surface area contributed by atoms with Gasteiger partial charge >= 0.3 is 0 Å². The zero-order chi connectivity index (χ0) is 24.2. The molecule has 3 aromatic carbocycles. The maximum absolute atomic E-state index is 13.8. The Kier molecular flexibility index (Phi) is 6.78. The van der Waals surface area contributed by atoms with Gasteiger partial charge in [-0.15, -0.1) is 0 Å². The van der Waals surface area contributed by atoms with Gasteiger partial charge in [-0.3, -0.25) is 4.79 Å². The molecule has 2 N–H and O–H groups in total. The number of hydrogen-bond acceptors (Lipinski definition) is 4. The molecule has 4 rings (SSSR count). The summed E-state index contributed by atoms with van der Waals surface area (Å²) >= 11 is 0. The highest BCUT2D eigenvalue weighted by atomic mass is 19.1. The van der Waals surface area contributed by atoms with Gasteiger partial charge in [0.05, 0.1) is 11.6 Å². The third kappa shape index (κ3) is 5.18. The summed E-state index contributed by atoms with van der Waals surface area (Å²) in [5, 5.41) is 9.30. The lowest BCUT2D eigenvalue weighted by Crippen LogP contribution is -2.16. The lowest BCUT2D eigenvalue weighted by molar-refractivity contribution is 0.0997. The predicted octanol–water partition coefficient (Wildman–Crippen LogP) is 6.75. The second-order valence-electron chi connectivity index (χ2n) is 8.52. The zero-order valence-electron chi connectivity index (χ0n) is 18.7. The summed E-state index contributed by atoms with van der Waals surface area (Å²) in [6, 6.07) is 15.6. The van der Waals surface area contributed by atoms with E-state index in [1.165, 1.54) is 6.07 Å². The van der Waals surface area contributed by atoms with Crippen LogP contribution in [0.2, 0.25) is 0 Å². The maximum atomic E-state index is 13.8. The zero-order valence-corrected chi connectivity index (χ0v) is 18.7. The average molecular weight is 462 g/mol. The standard InChI is InChI=1S/C27H24F2N2O3/c1-16-11-19(18-4-2-3-17(12-18)15-30)13-23(27(31)32)26(16)34-22-8-6-21(7-9-22)33-25-10-5-20(28)14-24(25)29/h5-11,13-14,17-18H,2-4,12H2,1H3,(H2,31,32)/t17?,18-/m1/s1. The van der Waals surface area contributed by atoms with E-state index in [2.05, 4.69) is 6.07 Å². The summed E-state index contributed by atoms with van der Waals surface area (Å²) in [7, 11) is 0. The monoisotopic (exact) mass is 462 g/mol. The maximum Gasteiger partial charge on any atom is 0.252 e.